The summed E-state index contributed by atoms with van der Waals surface area (Å²) in [5, 5.41) is 8.09. The van der Waals surface area contributed by atoms with Gasteiger partial charge in [0.25, 0.3) is 5.91 Å². The van der Waals surface area contributed by atoms with Crippen LogP contribution in [0, 0.1) is 0 Å². The quantitative estimate of drug-likeness (QED) is 0.424. The molecule has 5 nitrogen and oxygen atoms in total. The standard InChI is InChI=1S/C24H19Cl2F7N2O3/c1-20(2,37)19(36)35-10-21(27,11-35)13-5-3-12(4-6-13)17-9-22(38-34-17,24(31,32)33)14-7-15(23(28,29)30)18(26)16(25)8-14/h3-9,34,37H,10-11H2,1-2H3. The maximum absolute atomic E-state index is 15.3. The molecule has 0 radical (unpaired) electrons. The number of benzene rings is 2. The van der Waals surface area contributed by atoms with E-state index < -0.39 is 56.3 Å². The Kier molecular flexibility index (Phi) is 6.75. The zero-order chi connectivity index (χ0) is 28.5. The molecule has 1 amide bonds. The van der Waals surface area contributed by atoms with Gasteiger partial charge in [-0.05, 0) is 43.2 Å². The summed E-state index contributed by atoms with van der Waals surface area (Å²) in [6.45, 7) is 1.90. The van der Waals surface area contributed by atoms with Crippen molar-refractivity contribution in [3.8, 4) is 0 Å². The normalized spacial score (nSPS) is 21.6. The molecule has 2 heterocycles. The molecule has 2 aromatic carbocycles. The van der Waals surface area contributed by atoms with Crippen LogP contribution in [-0.4, -0.2) is 40.8 Å². The van der Waals surface area contributed by atoms with Gasteiger partial charge in [0.1, 0.15) is 5.60 Å². The summed E-state index contributed by atoms with van der Waals surface area (Å²) >= 11 is 11.3. The summed E-state index contributed by atoms with van der Waals surface area (Å²) in [6.07, 6.45) is -9.76. The average Bonchev–Trinajstić information content (AvgIpc) is 3.24. The smallest absolute Gasteiger partial charge is 0.381 e. The fourth-order valence-corrected chi connectivity index (χ4v) is 4.65. The average molecular weight is 587 g/mol. The van der Waals surface area contributed by atoms with Gasteiger partial charge < -0.3 is 10.0 Å². The van der Waals surface area contributed by atoms with Crippen molar-refractivity contribution < 1.29 is 45.5 Å². The minimum absolute atomic E-state index is 0.114. The van der Waals surface area contributed by atoms with Crippen LogP contribution in [0.4, 0.5) is 30.7 Å². The van der Waals surface area contributed by atoms with Crippen LogP contribution < -0.4 is 5.48 Å². The number of halogens is 9. The Morgan fingerprint density at radius 1 is 1.03 bits per heavy atom. The molecule has 0 spiro atoms. The van der Waals surface area contributed by atoms with Crippen molar-refractivity contribution in [2.45, 2.75) is 43.1 Å². The van der Waals surface area contributed by atoms with E-state index in [4.69, 9.17) is 28.0 Å². The zero-order valence-electron chi connectivity index (χ0n) is 19.6. The third-order valence-corrected chi connectivity index (χ3v) is 7.06. The Labute approximate surface area is 221 Å². The lowest BCUT2D eigenvalue weighted by molar-refractivity contribution is -0.269. The van der Waals surface area contributed by atoms with E-state index in [9.17, 15) is 36.2 Å². The Morgan fingerprint density at radius 2 is 1.61 bits per heavy atom. The lowest BCUT2D eigenvalue weighted by atomic mass is 9.86. The van der Waals surface area contributed by atoms with Gasteiger partial charge in [0.2, 0.25) is 5.60 Å². The van der Waals surface area contributed by atoms with Crippen molar-refractivity contribution in [1.82, 2.24) is 10.4 Å². The highest BCUT2D eigenvalue weighted by molar-refractivity contribution is 6.42. The summed E-state index contributed by atoms with van der Waals surface area (Å²) in [5.41, 5.74) is -7.37. The summed E-state index contributed by atoms with van der Waals surface area (Å²) in [7, 11) is 0. The lowest BCUT2D eigenvalue weighted by Crippen LogP contribution is -2.62. The van der Waals surface area contributed by atoms with Crippen molar-refractivity contribution in [3.05, 3.63) is 74.8 Å². The van der Waals surface area contributed by atoms with Crippen molar-refractivity contribution in [2.75, 3.05) is 13.1 Å². The Balaban J connectivity index is 1.65. The van der Waals surface area contributed by atoms with Crippen LogP contribution in [0.15, 0.2) is 42.5 Å². The van der Waals surface area contributed by atoms with Gasteiger partial charge in [-0.25, -0.2) is 4.39 Å². The molecule has 0 aromatic heterocycles. The SMILES string of the molecule is CC(C)(O)C(=O)N1CC(F)(c2ccc(C3=CC(c4cc(Cl)c(Cl)c(C(F)(F)F)c4)(C(F)(F)F)ON3)cc2)C1. The van der Waals surface area contributed by atoms with Gasteiger partial charge in [-0.1, -0.05) is 47.5 Å². The van der Waals surface area contributed by atoms with Crippen molar-refractivity contribution >= 4 is 34.8 Å². The fourth-order valence-electron chi connectivity index (χ4n) is 4.22. The number of likely N-dealkylation sites (tertiary alicyclic amines) is 1. The molecule has 1 fully saturated rings. The molecule has 4 rings (SSSR count). The number of rotatable bonds is 4. The monoisotopic (exact) mass is 586 g/mol. The summed E-state index contributed by atoms with van der Waals surface area (Å²) < 4.78 is 98.2. The third-order valence-electron chi connectivity index (χ3n) is 6.26. The highest BCUT2D eigenvalue weighted by Crippen LogP contribution is 2.50. The van der Waals surface area contributed by atoms with E-state index in [-0.39, 0.29) is 36.0 Å². The lowest BCUT2D eigenvalue weighted by Gasteiger charge is -2.46. The molecule has 38 heavy (non-hydrogen) atoms. The number of hydrogen-bond donors (Lipinski definition) is 2. The number of hydrogen-bond acceptors (Lipinski definition) is 4. The second-order valence-electron chi connectivity index (χ2n) is 9.58. The number of nitrogens with one attached hydrogen (secondary N) is 1. The number of carbonyl (C=O) groups is 1. The second-order valence-corrected chi connectivity index (χ2v) is 10.4. The van der Waals surface area contributed by atoms with Crippen LogP contribution in [0.2, 0.25) is 10.0 Å². The molecule has 14 heteroatoms. The third kappa shape index (κ3) is 4.83. The second kappa shape index (κ2) is 9.00. The van der Waals surface area contributed by atoms with Crippen LogP contribution in [-0.2, 0) is 27.1 Å². The topological polar surface area (TPSA) is 61.8 Å². The van der Waals surface area contributed by atoms with E-state index in [1.165, 1.54) is 38.1 Å². The van der Waals surface area contributed by atoms with Crippen LogP contribution in [0.25, 0.3) is 5.70 Å². The maximum atomic E-state index is 15.3. The van der Waals surface area contributed by atoms with Gasteiger partial charge >= 0.3 is 12.4 Å². The number of aliphatic hydroxyl groups is 1. The van der Waals surface area contributed by atoms with Gasteiger partial charge in [-0.15, -0.1) is 0 Å². The van der Waals surface area contributed by atoms with E-state index in [1.807, 2.05) is 0 Å². The fraction of sp³-hybridized carbons (Fsp3) is 0.375. The molecule has 1 saturated heterocycles. The van der Waals surface area contributed by atoms with Crippen molar-refractivity contribution in [2.24, 2.45) is 0 Å². The maximum Gasteiger partial charge on any atom is 0.428 e. The minimum Gasteiger partial charge on any atom is -0.381 e. The molecule has 0 bridgehead atoms. The number of amides is 1. The van der Waals surface area contributed by atoms with E-state index >= 15 is 4.39 Å². The Morgan fingerprint density at radius 3 is 2.11 bits per heavy atom. The van der Waals surface area contributed by atoms with Crippen LogP contribution in [0.3, 0.4) is 0 Å². The molecule has 2 aromatic rings. The molecule has 2 aliphatic rings. The first-order valence-electron chi connectivity index (χ1n) is 10.9. The van der Waals surface area contributed by atoms with Crippen LogP contribution in [0.1, 0.15) is 36.1 Å². The number of alkyl halides is 7. The van der Waals surface area contributed by atoms with E-state index in [1.54, 1.807) is 0 Å². The molecule has 0 saturated carbocycles. The van der Waals surface area contributed by atoms with Crippen LogP contribution in [0.5, 0.6) is 0 Å². The molecular formula is C24H19Cl2F7N2O3. The minimum atomic E-state index is -5.23. The van der Waals surface area contributed by atoms with E-state index in [0.717, 1.165) is 4.90 Å². The summed E-state index contributed by atoms with van der Waals surface area (Å²) in [5.74, 6) is -0.653. The van der Waals surface area contributed by atoms with Crippen molar-refractivity contribution in [3.63, 3.8) is 0 Å². The van der Waals surface area contributed by atoms with Gasteiger partial charge in [0.05, 0.1) is 34.4 Å². The van der Waals surface area contributed by atoms with E-state index in [2.05, 4.69) is 5.48 Å². The first-order chi connectivity index (χ1) is 17.3. The van der Waals surface area contributed by atoms with Gasteiger partial charge in [-0.3, -0.25) is 15.1 Å². The number of carbonyl (C=O) groups excluding carboxylic acids is 1. The van der Waals surface area contributed by atoms with Gasteiger partial charge in [0.15, 0.2) is 5.67 Å². The highest BCUT2D eigenvalue weighted by atomic mass is 35.5. The predicted molar refractivity (Wildman–Crippen MR) is 124 cm³/mol. The zero-order valence-corrected chi connectivity index (χ0v) is 21.1. The predicted octanol–water partition coefficient (Wildman–Crippen LogP) is 6.12. The van der Waals surface area contributed by atoms with Gasteiger partial charge in [-0.2, -0.15) is 26.3 Å². The molecule has 2 aliphatic heterocycles. The van der Waals surface area contributed by atoms with E-state index in [0.29, 0.717) is 12.1 Å². The molecule has 0 aliphatic carbocycles. The first kappa shape index (κ1) is 28.5. The molecule has 2 N–H and O–H groups in total. The molecular weight excluding hydrogens is 568 g/mol. The van der Waals surface area contributed by atoms with Crippen molar-refractivity contribution in [1.29, 1.82) is 0 Å². The molecule has 206 valence electrons. The molecule has 1 atom stereocenters. The summed E-state index contributed by atoms with van der Waals surface area (Å²) in [6, 6.07) is 6.05. The highest BCUT2D eigenvalue weighted by Gasteiger charge is 2.60. The number of nitrogens with zero attached hydrogens (tertiary/aromatic N) is 1. The largest absolute Gasteiger partial charge is 0.428 e. The van der Waals surface area contributed by atoms with Crippen LogP contribution >= 0.6 is 23.2 Å². The summed E-state index contributed by atoms with van der Waals surface area (Å²) in [4.78, 5) is 18.1. The number of hydroxylamine groups is 1. The first-order valence-corrected chi connectivity index (χ1v) is 11.7. The molecule has 1 unspecified atom stereocenters. The Hall–Kier alpha value is -2.54. The Bertz CT molecular complexity index is 1300. The van der Waals surface area contributed by atoms with Gasteiger partial charge in [0, 0.05) is 5.56 Å².